The molecule has 0 fully saturated rings. The van der Waals surface area contributed by atoms with Gasteiger partial charge in [0.15, 0.2) is 5.88 Å². The fraction of sp³-hybridized carbons (Fsp3) is 0.318. The van der Waals surface area contributed by atoms with Crippen molar-refractivity contribution in [3.8, 4) is 5.88 Å². The number of aromatic amines is 1. The van der Waals surface area contributed by atoms with Crippen LogP contribution in [0.5, 0.6) is 5.88 Å². The number of hydrogen-bond donors (Lipinski definition) is 3. The van der Waals surface area contributed by atoms with Crippen LogP contribution < -0.4 is 5.32 Å². The topological polar surface area (TPSA) is 63.6 Å². The summed E-state index contributed by atoms with van der Waals surface area (Å²) in [6.45, 7) is 8.54. The second-order valence-electron chi connectivity index (χ2n) is 6.66. The molecular formula is C22H27FN4O. The van der Waals surface area contributed by atoms with Gasteiger partial charge in [-0.2, -0.15) is 0 Å². The summed E-state index contributed by atoms with van der Waals surface area (Å²) in [7, 11) is 0. The van der Waals surface area contributed by atoms with Gasteiger partial charge in [0.25, 0.3) is 0 Å². The average molecular weight is 382 g/mol. The predicted molar refractivity (Wildman–Crippen MR) is 115 cm³/mol. The lowest BCUT2D eigenvalue weighted by Gasteiger charge is -2.17. The van der Waals surface area contributed by atoms with Crippen molar-refractivity contribution in [2.24, 2.45) is 4.99 Å². The van der Waals surface area contributed by atoms with Crippen LogP contribution in [-0.4, -0.2) is 47.4 Å². The highest BCUT2D eigenvalue weighted by atomic mass is 19.1. The third-order valence-corrected chi connectivity index (χ3v) is 4.88. The number of rotatable bonds is 9. The molecule has 0 spiro atoms. The van der Waals surface area contributed by atoms with Crippen molar-refractivity contribution in [3.63, 3.8) is 0 Å². The minimum atomic E-state index is -0.389. The Hall–Kier alpha value is -2.86. The van der Waals surface area contributed by atoms with Gasteiger partial charge >= 0.3 is 0 Å². The van der Waals surface area contributed by atoms with Gasteiger partial charge in [-0.3, -0.25) is 4.99 Å². The first-order valence-electron chi connectivity index (χ1n) is 9.71. The van der Waals surface area contributed by atoms with Gasteiger partial charge in [0.1, 0.15) is 5.82 Å². The predicted octanol–water partition coefficient (Wildman–Crippen LogP) is 4.91. The van der Waals surface area contributed by atoms with Crippen molar-refractivity contribution in [1.29, 1.82) is 0 Å². The van der Waals surface area contributed by atoms with Crippen LogP contribution in [0.25, 0.3) is 10.9 Å². The second-order valence-corrected chi connectivity index (χ2v) is 6.66. The van der Waals surface area contributed by atoms with E-state index < -0.39 is 0 Å². The summed E-state index contributed by atoms with van der Waals surface area (Å²) in [6, 6.07) is 12.4. The second kappa shape index (κ2) is 9.37. The minimum absolute atomic E-state index is 0.0876. The Morgan fingerprint density at radius 2 is 1.89 bits per heavy atom. The van der Waals surface area contributed by atoms with Crippen molar-refractivity contribution in [2.75, 3.05) is 31.5 Å². The molecule has 0 amide bonds. The van der Waals surface area contributed by atoms with Gasteiger partial charge in [0, 0.05) is 23.8 Å². The summed E-state index contributed by atoms with van der Waals surface area (Å²) < 4.78 is 14.1. The molecule has 0 aliphatic heterocycles. The monoisotopic (exact) mass is 382 g/mol. The van der Waals surface area contributed by atoms with Gasteiger partial charge in [0.2, 0.25) is 0 Å². The van der Waals surface area contributed by atoms with Crippen LogP contribution in [0.2, 0.25) is 0 Å². The van der Waals surface area contributed by atoms with Crippen molar-refractivity contribution < 1.29 is 9.50 Å². The molecule has 5 nitrogen and oxygen atoms in total. The lowest BCUT2D eigenvalue weighted by molar-refractivity contribution is 0.303. The molecule has 6 heteroatoms. The van der Waals surface area contributed by atoms with E-state index >= 15 is 0 Å². The maximum atomic E-state index is 14.1. The van der Waals surface area contributed by atoms with Crippen molar-refractivity contribution in [2.45, 2.75) is 20.3 Å². The Bertz CT molecular complexity index is 930. The van der Waals surface area contributed by atoms with E-state index in [1.165, 1.54) is 12.3 Å². The van der Waals surface area contributed by atoms with E-state index in [4.69, 9.17) is 0 Å². The quantitative estimate of drug-likeness (QED) is 0.364. The molecule has 148 valence electrons. The van der Waals surface area contributed by atoms with Gasteiger partial charge in [-0.15, -0.1) is 0 Å². The molecule has 0 atom stereocenters. The first-order valence-corrected chi connectivity index (χ1v) is 9.71. The summed E-state index contributed by atoms with van der Waals surface area (Å²) in [6.07, 6.45) is 2.58. The smallest absolute Gasteiger partial charge is 0.198 e. The molecule has 2 aromatic carbocycles. The average Bonchev–Trinajstić information content (AvgIpc) is 3.04. The van der Waals surface area contributed by atoms with Crippen molar-refractivity contribution >= 4 is 28.5 Å². The molecule has 0 aliphatic carbocycles. The minimum Gasteiger partial charge on any atom is -0.494 e. The number of fused-ring (bicyclic) bond motifs is 1. The number of nitrogens with one attached hydrogen (secondary N) is 2. The molecule has 0 aliphatic rings. The van der Waals surface area contributed by atoms with Gasteiger partial charge in [-0.1, -0.05) is 19.9 Å². The number of nitrogens with zero attached hydrogens (tertiary/aromatic N) is 2. The highest BCUT2D eigenvalue weighted by Gasteiger charge is 2.12. The van der Waals surface area contributed by atoms with Crippen LogP contribution in [0.1, 0.15) is 25.8 Å². The largest absolute Gasteiger partial charge is 0.494 e. The normalized spacial score (nSPS) is 11.7. The van der Waals surface area contributed by atoms with E-state index in [9.17, 15) is 9.50 Å². The fourth-order valence-corrected chi connectivity index (χ4v) is 3.22. The zero-order valence-corrected chi connectivity index (χ0v) is 16.4. The van der Waals surface area contributed by atoms with Gasteiger partial charge in [-0.25, -0.2) is 4.39 Å². The third-order valence-electron chi connectivity index (χ3n) is 4.88. The molecule has 0 radical (unpaired) electrons. The number of hydrogen-bond acceptors (Lipinski definition) is 4. The Kier molecular flexibility index (Phi) is 6.66. The van der Waals surface area contributed by atoms with E-state index in [2.05, 4.69) is 34.0 Å². The standard InChI is InChI=1S/C22H27FN4O/c1-3-27(4-2)14-6-13-24-16-9-11-17(12-10-16)25-15-18-21-19(23)7-5-8-20(21)26-22(18)28/h5,7-12,15,24,26,28H,3-4,6,13-14H2,1-2H3. The number of aromatic nitrogens is 1. The summed E-state index contributed by atoms with van der Waals surface area (Å²) >= 11 is 0. The number of benzene rings is 2. The first-order chi connectivity index (χ1) is 13.6. The molecule has 1 aromatic heterocycles. The van der Waals surface area contributed by atoms with E-state index in [1.54, 1.807) is 12.1 Å². The van der Waals surface area contributed by atoms with E-state index in [0.29, 0.717) is 16.5 Å². The van der Waals surface area contributed by atoms with Crippen LogP contribution in [-0.2, 0) is 0 Å². The third kappa shape index (κ3) is 4.70. The summed E-state index contributed by atoms with van der Waals surface area (Å²) in [5.74, 6) is -0.477. The van der Waals surface area contributed by atoms with E-state index in [-0.39, 0.29) is 11.7 Å². The summed E-state index contributed by atoms with van der Waals surface area (Å²) in [4.78, 5) is 9.55. The molecule has 0 saturated carbocycles. The molecule has 28 heavy (non-hydrogen) atoms. The Morgan fingerprint density at radius 1 is 1.14 bits per heavy atom. The van der Waals surface area contributed by atoms with Gasteiger partial charge in [-0.05, 0) is 62.5 Å². The zero-order chi connectivity index (χ0) is 19.9. The summed E-state index contributed by atoms with van der Waals surface area (Å²) in [5, 5.41) is 13.8. The SMILES string of the molecule is CCN(CC)CCCNc1ccc(N=Cc2c(O)[nH]c3cccc(F)c23)cc1. The lowest BCUT2D eigenvalue weighted by Crippen LogP contribution is -2.25. The van der Waals surface area contributed by atoms with Crippen LogP contribution in [0.3, 0.4) is 0 Å². The number of aromatic hydroxyl groups is 1. The van der Waals surface area contributed by atoms with E-state index in [0.717, 1.165) is 44.0 Å². The van der Waals surface area contributed by atoms with Crippen LogP contribution in [0.4, 0.5) is 15.8 Å². The fourth-order valence-electron chi connectivity index (χ4n) is 3.22. The maximum absolute atomic E-state index is 14.1. The van der Waals surface area contributed by atoms with Crippen molar-refractivity contribution in [1.82, 2.24) is 9.88 Å². The zero-order valence-electron chi connectivity index (χ0n) is 16.4. The van der Waals surface area contributed by atoms with Crippen LogP contribution in [0.15, 0.2) is 47.5 Å². The number of H-pyrrole nitrogens is 1. The Morgan fingerprint density at radius 3 is 2.61 bits per heavy atom. The molecule has 1 heterocycles. The Labute approximate surface area is 164 Å². The molecule has 0 bridgehead atoms. The molecule has 0 saturated heterocycles. The van der Waals surface area contributed by atoms with Crippen LogP contribution in [0, 0.1) is 5.82 Å². The summed E-state index contributed by atoms with van der Waals surface area (Å²) in [5.41, 5.74) is 2.67. The first kappa shape index (κ1) is 19.9. The molecule has 3 N–H and O–H groups in total. The number of anilines is 1. The molecule has 0 unspecified atom stereocenters. The number of halogens is 1. The van der Waals surface area contributed by atoms with Gasteiger partial charge < -0.3 is 20.3 Å². The highest BCUT2D eigenvalue weighted by Crippen LogP contribution is 2.28. The molecule has 3 rings (SSSR count). The van der Waals surface area contributed by atoms with Crippen LogP contribution >= 0.6 is 0 Å². The molecule has 3 aromatic rings. The lowest BCUT2D eigenvalue weighted by atomic mass is 10.1. The van der Waals surface area contributed by atoms with Crippen molar-refractivity contribution in [3.05, 3.63) is 53.8 Å². The Balaban J connectivity index is 1.61. The number of aliphatic imine (C=N–C) groups is 1. The maximum Gasteiger partial charge on any atom is 0.198 e. The highest BCUT2D eigenvalue weighted by molar-refractivity contribution is 6.02. The molecular weight excluding hydrogens is 355 g/mol. The van der Waals surface area contributed by atoms with Gasteiger partial charge in [0.05, 0.1) is 16.8 Å². The van der Waals surface area contributed by atoms with E-state index in [1.807, 2.05) is 24.3 Å².